The molecule has 0 aliphatic carbocycles. The molecular weight excluding hydrogens is 244 g/mol. The molecular formula is C15H21ClN2. The summed E-state index contributed by atoms with van der Waals surface area (Å²) in [4.78, 5) is 2.48. The van der Waals surface area contributed by atoms with Crippen LogP contribution in [0.25, 0.3) is 0 Å². The maximum absolute atomic E-state index is 6.16. The molecule has 2 fully saturated rings. The average molecular weight is 265 g/mol. The van der Waals surface area contributed by atoms with Gasteiger partial charge >= 0.3 is 0 Å². The van der Waals surface area contributed by atoms with E-state index >= 15 is 0 Å². The summed E-state index contributed by atoms with van der Waals surface area (Å²) in [5.74, 6) is 0.642. The lowest BCUT2D eigenvalue weighted by Crippen LogP contribution is -2.41. The van der Waals surface area contributed by atoms with E-state index in [0.717, 1.165) is 18.1 Å². The number of hydrogen-bond acceptors (Lipinski definition) is 2. The SMILES string of the molecule is CN1CC(c2cccc(Cl)c2)C2(CCNCC2)C1. The third-order valence-corrected chi connectivity index (χ3v) is 4.90. The summed E-state index contributed by atoms with van der Waals surface area (Å²) in [6, 6.07) is 8.47. The summed E-state index contributed by atoms with van der Waals surface area (Å²) in [7, 11) is 2.24. The van der Waals surface area contributed by atoms with Crippen molar-refractivity contribution in [1.29, 1.82) is 0 Å². The van der Waals surface area contributed by atoms with Gasteiger partial charge in [0, 0.05) is 24.0 Å². The first-order chi connectivity index (χ1) is 8.70. The molecule has 0 saturated carbocycles. The quantitative estimate of drug-likeness (QED) is 0.839. The smallest absolute Gasteiger partial charge is 0.0408 e. The fourth-order valence-electron chi connectivity index (χ4n) is 3.83. The van der Waals surface area contributed by atoms with E-state index in [-0.39, 0.29) is 0 Å². The van der Waals surface area contributed by atoms with Crippen LogP contribution in [-0.2, 0) is 0 Å². The predicted octanol–water partition coefficient (Wildman–Crippen LogP) is 2.74. The minimum atomic E-state index is 0.463. The van der Waals surface area contributed by atoms with Gasteiger partial charge in [0.15, 0.2) is 0 Å². The van der Waals surface area contributed by atoms with Crippen LogP contribution in [0.2, 0.25) is 5.02 Å². The Balaban J connectivity index is 1.93. The van der Waals surface area contributed by atoms with E-state index in [1.165, 1.54) is 31.5 Å². The van der Waals surface area contributed by atoms with Crippen molar-refractivity contribution < 1.29 is 0 Å². The van der Waals surface area contributed by atoms with Crippen molar-refractivity contribution in [2.75, 3.05) is 33.2 Å². The van der Waals surface area contributed by atoms with Crippen LogP contribution in [0, 0.1) is 5.41 Å². The summed E-state index contributed by atoms with van der Waals surface area (Å²) in [6.45, 7) is 4.71. The molecule has 2 aliphatic heterocycles. The molecule has 2 heterocycles. The first kappa shape index (κ1) is 12.5. The van der Waals surface area contributed by atoms with Gasteiger partial charge in [-0.25, -0.2) is 0 Å². The number of likely N-dealkylation sites (N-methyl/N-ethyl adjacent to an activating group) is 1. The topological polar surface area (TPSA) is 15.3 Å². The average Bonchev–Trinajstić information content (AvgIpc) is 2.67. The molecule has 1 spiro atoms. The van der Waals surface area contributed by atoms with Crippen LogP contribution < -0.4 is 5.32 Å². The van der Waals surface area contributed by atoms with Gasteiger partial charge in [0.2, 0.25) is 0 Å². The number of benzene rings is 1. The zero-order valence-electron chi connectivity index (χ0n) is 11.0. The van der Waals surface area contributed by atoms with E-state index in [1.54, 1.807) is 0 Å². The second-order valence-electron chi connectivity index (χ2n) is 5.92. The Labute approximate surface area is 114 Å². The number of halogens is 1. The third kappa shape index (κ3) is 2.18. The standard InChI is InChI=1S/C15H21ClN2/c1-18-10-14(12-3-2-4-13(16)9-12)15(11-18)5-7-17-8-6-15/h2-4,9,14,17H,5-8,10-11H2,1H3. The van der Waals surface area contributed by atoms with Crippen LogP contribution in [0.4, 0.5) is 0 Å². The van der Waals surface area contributed by atoms with Crippen molar-refractivity contribution in [2.24, 2.45) is 5.41 Å². The van der Waals surface area contributed by atoms with Crippen LogP contribution >= 0.6 is 11.6 Å². The monoisotopic (exact) mass is 264 g/mol. The fourth-order valence-corrected chi connectivity index (χ4v) is 4.03. The molecule has 1 unspecified atom stereocenters. The zero-order chi connectivity index (χ0) is 12.6. The molecule has 1 atom stereocenters. The maximum atomic E-state index is 6.16. The normalized spacial score (nSPS) is 27.8. The second-order valence-corrected chi connectivity index (χ2v) is 6.35. The minimum absolute atomic E-state index is 0.463. The van der Waals surface area contributed by atoms with Crippen LogP contribution in [0.15, 0.2) is 24.3 Å². The first-order valence-electron chi connectivity index (χ1n) is 6.84. The molecule has 3 heteroatoms. The van der Waals surface area contributed by atoms with Gasteiger partial charge in [-0.1, -0.05) is 23.7 Å². The highest BCUT2D eigenvalue weighted by atomic mass is 35.5. The summed E-state index contributed by atoms with van der Waals surface area (Å²) >= 11 is 6.16. The fraction of sp³-hybridized carbons (Fsp3) is 0.600. The highest BCUT2D eigenvalue weighted by Crippen LogP contribution is 2.48. The van der Waals surface area contributed by atoms with E-state index in [0.29, 0.717) is 11.3 Å². The highest BCUT2D eigenvalue weighted by Gasteiger charge is 2.46. The van der Waals surface area contributed by atoms with Gasteiger partial charge < -0.3 is 10.2 Å². The molecule has 1 N–H and O–H groups in total. The Hall–Kier alpha value is -0.570. The van der Waals surface area contributed by atoms with E-state index in [2.05, 4.69) is 35.5 Å². The maximum Gasteiger partial charge on any atom is 0.0408 e. The molecule has 3 rings (SSSR count). The van der Waals surface area contributed by atoms with Crippen molar-refractivity contribution in [3.05, 3.63) is 34.9 Å². The van der Waals surface area contributed by atoms with Gasteiger partial charge in [0.25, 0.3) is 0 Å². The van der Waals surface area contributed by atoms with E-state index < -0.39 is 0 Å². The lowest BCUT2D eigenvalue weighted by molar-refractivity contribution is 0.187. The second kappa shape index (κ2) is 4.84. The Kier molecular flexibility index (Phi) is 3.35. The third-order valence-electron chi connectivity index (χ3n) is 4.67. The van der Waals surface area contributed by atoms with Gasteiger partial charge in [0.1, 0.15) is 0 Å². The number of rotatable bonds is 1. The Morgan fingerprint density at radius 3 is 2.83 bits per heavy atom. The van der Waals surface area contributed by atoms with Gasteiger partial charge in [-0.3, -0.25) is 0 Å². The lowest BCUT2D eigenvalue weighted by Gasteiger charge is -2.39. The number of likely N-dealkylation sites (tertiary alicyclic amines) is 1. The van der Waals surface area contributed by atoms with Crippen LogP contribution in [-0.4, -0.2) is 38.1 Å². The lowest BCUT2D eigenvalue weighted by atomic mass is 9.69. The van der Waals surface area contributed by atoms with Crippen LogP contribution in [0.5, 0.6) is 0 Å². The summed E-state index contributed by atoms with van der Waals surface area (Å²) in [6.07, 6.45) is 2.57. The van der Waals surface area contributed by atoms with Crippen molar-refractivity contribution >= 4 is 11.6 Å². The summed E-state index contributed by atoms with van der Waals surface area (Å²) in [5, 5.41) is 4.36. The van der Waals surface area contributed by atoms with Crippen molar-refractivity contribution in [2.45, 2.75) is 18.8 Å². The Bertz CT molecular complexity index is 426. The van der Waals surface area contributed by atoms with Crippen molar-refractivity contribution in [3.63, 3.8) is 0 Å². The van der Waals surface area contributed by atoms with Crippen molar-refractivity contribution in [1.82, 2.24) is 10.2 Å². The predicted molar refractivity (Wildman–Crippen MR) is 76.2 cm³/mol. The largest absolute Gasteiger partial charge is 0.317 e. The Morgan fingerprint density at radius 2 is 2.11 bits per heavy atom. The van der Waals surface area contributed by atoms with Gasteiger partial charge in [-0.2, -0.15) is 0 Å². The molecule has 0 bridgehead atoms. The molecule has 0 amide bonds. The molecule has 0 radical (unpaired) electrons. The molecule has 1 aromatic carbocycles. The molecule has 2 nitrogen and oxygen atoms in total. The molecule has 2 saturated heterocycles. The number of nitrogens with zero attached hydrogens (tertiary/aromatic N) is 1. The van der Waals surface area contributed by atoms with Gasteiger partial charge in [-0.15, -0.1) is 0 Å². The minimum Gasteiger partial charge on any atom is -0.317 e. The first-order valence-corrected chi connectivity index (χ1v) is 7.22. The molecule has 98 valence electrons. The molecule has 1 aromatic rings. The van der Waals surface area contributed by atoms with Gasteiger partial charge in [-0.05, 0) is 56.1 Å². The van der Waals surface area contributed by atoms with Crippen LogP contribution in [0.1, 0.15) is 24.3 Å². The molecule has 0 aromatic heterocycles. The van der Waals surface area contributed by atoms with Crippen LogP contribution in [0.3, 0.4) is 0 Å². The molecule has 18 heavy (non-hydrogen) atoms. The number of nitrogens with one attached hydrogen (secondary N) is 1. The summed E-state index contributed by atoms with van der Waals surface area (Å²) < 4.78 is 0. The van der Waals surface area contributed by atoms with E-state index in [1.807, 2.05) is 6.07 Å². The molecule has 2 aliphatic rings. The zero-order valence-corrected chi connectivity index (χ0v) is 11.7. The van der Waals surface area contributed by atoms with Gasteiger partial charge in [0.05, 0.1) is 0 Å². The number of hydrogen-bond donors (Lipinski definition) is 1. The van der Waals surface area contributed by atoms with Crippen molar-refractivity contribution in [3.8, 4) is 0 Å². The van der Waals surface area contributed by atoms with E-state index in [9.17, 15) is 0 Å². The van der Waals surface area contributed by atoms with E-state index in [4.69, 9.17) is 11.6 Å². The number of piperidine rings is 1. The Morgan fingerprint density at radius 1 is 1.33 bits per heavy atom. The summed E-state index contributed by atoms with van der Waals surface area (Å²) in [5.41, 5.74) is 1.89. The highest BCUT2D eigenvalue weighted by molar-refractivity contribution is 6.30.